The molecule has 0 radical (unpaired) electrons. The molecule has 0 aliphatic heterocycles. The minimum atomic E-state index is -0.549. The summed E-state index contributed by atoms with van der Waals surface area (Å²) in [5.41, 5.74) is 2.91. The Labute approximate surface area is 158 Å². The molecule has 0 aromatic heterocycles. The smallest absolute Gasteiger partial charge is 0.266 e. The number of hydrogen-bond donors (Lipinski definition) is 2. The lowest BCUT2D eigenvalue weighted by molar-refractivity contribution is -0.112. The minimum Gasteiger partial charge on any atom is -0.507 e. The number of phenols is 1. The van der Waals surface area contributed by atoms with Crippen molar-refractivity contribution in [2.75, 3.05) is 19.4 Å². The Hall–Kier alpha value is -3.59. The van der Waals surface area contributed by atoms with Gasteiger partial charge in [0.05, 0.1) is 0 Å². The molecule has 0 unspecified atom stereocenters. The molecule has 138 valence electrons. The number of phenolic OH excluding ortho intramolecular Hbond substituents is 1. The first-order valence-corrected chi connectivity index (χ1v) is 8.28. The Morgan fingerprint density at radius 1 is 1.11 bits per heavy atom. The van der Waals surface area contributed by atoms with Crippen molar-refractivity contribution < 1.29 is 14.7 Å². The molecule has 2 amide bonds. The highest BCUT2D eigenvalue weighted by Crippen LogP contribution is 2.24. The number of benzene rings is 2. The third-order valence-electron chi connectivity index (χ3n) is 3.99. The zero-order valence-corrected chi connectivity index (χ0v) is 15.7. The first-order chi connectivity index (χ1) is 12.7. The first kappa shape index (κ1) is 19.7. The number of carbonyl (C=O) groups is 2. The van der Waals surface area contributed by atoms with Crippen LogP contribution in [0.15, 0.2) is 42.0 Å². The third kappa shape index (κ3) is 4.73. The SMILES string of the molecule is Cc1cc(/C=C(\C#N)C(=O)Nc2ccc(C(=O)N(C)C)cc2)cc(C)c1O. The molecule has 0 aliphatic rings. The van der Waals surface area contributed by atoms with Crippen molar-refractivity contribution in [3.05, 3.63) is 64.2 Å². The van der Waals surface area contributed by atoms with Crippen molar-refractivity contribution in [2.45, 2.75) is 13.8 Å². The summed E-state index contributed by atoms with van der Waals surface area (Å²) in [6.07, 6.45) is 1.47. The van der Waals surface area contributed by atoms with E-state index in [4.69, 9.17) is 0 Å². The first-order valence-electron chi connectivity index (χ1n) is 8.28. The van der Waals surface area contributed by atoms with Gasteiger partial charge in [0.25, 0.3) is 11.8 Å². The van der Waals surface area contributed by atoms with Crippen molar-refractivity contribution in [2.24, 2.45) is 0 Å². The van der Waals surface area contributed by atoms with Crippen LogP contribution >= 0.6 is 0 Å². The van der Waals surface area contributed by atoms with Crippen LogP contribution in [0.25, 0.3) is 6.08 Å². The normalized spacial score (nSPS) is 10.9. The molecule has 0 aliphatic carbocycles. The van der Waals surface area contributed by atoms with E-state index in [1.165, 1.54) is 11.0 Å². The quantitative estimate of drug-likeness (QED) is 0.644. The van der Waals surface area contributed by atoms with Gasteiger partial charge in [0.2, 0.25) is 0 Å². The second-order valence-electron chi connectivity index (χ2n) is 6.40. The molecule has 0 saturated heterocycles. The van der Waals surface area contributed by atoms with Gasteiger partial charge < -0.3 is 15.3 Å². The number of rotatable bonds is 4. The lowest BCUT2D eigenvalue weighted by Gasteiger charge is -2.11. The predicted octanol–water partition coefficient (Wildman–Crippen LogP) is 3.26. The highest BCUT2D eigenvalue weighted by Gasteiger charge is 2.12. The summed E-state index contributed by atoms with van der Waals surface area (Å²) in [6, 6.07) is 11.7. The lowest BCUT2D eigenvalue weighted by Crippen LogP contribution is -2.21. The third-order valence-corrected chi connectivity index (χ3v) is 3.99. The molecule has 2 N–H and O–H groups in total. The molecule has 6 nitrogen and oxygen atoms in total. The largest absolute Gasteiger partial charge is 0.507 e. The molecule has 2 aromatic rings. The van der Waals surface area contributed by atoms with Crippen LogP contribution in [0.4, 0.5) is 5.69 Å². The van der Waals surface area contributed by atoms with Gasteiger partial charge in [0, 0.05) is 25.3 Å². The average Bonchev–Trinajstić information content (AvgIpc) is 2.63. The van der Waals surface area contributed by atoms with E-state index in [-0.39, 0.29) is 17.2 Å². The van der Waals surface area contributed by atoms with Gasteiger partial charge in [-0.05, 0) is 73.0 Å². The van der Waals surface area contributed by atoms with Crippen LogP contribution < -0.4 is 5.32 Å². The molecular formula is C21H21N3O3. The number of nitrogens with zero attached hydrogens (tertiary/aromatic N) is 2. The van der Waals surface area contributed by atoms with Crippen molar-refractivity contribution in [1.29, 1.82) is 5.26 Å². The van der Waals surface area contributed by atoms with Crippen LogP contribution in [-0.4, -0.2) is 35.9 Å². The number of nitriles is 1. The number of amides is 2. The molecule has 27 heavy (non-hydrogen) atoms. The molecule has 2 aromatic carbocycles. The van der Waals surface area contributed by atoms with E-state index in [1.807, 2.05) is 6.07 Å². The van der Waals surface area contributed by atoms with E-state index in [1.54, 1.807) is 64.3 Å². The van der Waals surface area contributed by atoms with E-state index < -0.39 is 5.91 Å². The predicted molar refractivity (Wildman–Crippen MR) is 104 cm³/mol. The fraction of sp³-hybridized carbons (Fsp3) is 0.190. The monoisotopic (exact) mass is 363 g/mol. The van der Waals surface area contributed by atoms with Gasteiger partial charge >= 0.3 is 0 Å². The molecule has 0 bridgehead atoms. The molecule has 2 rings (SSSR count). The second kappa shape index (κ2) is 8.19. The summed E-state index contributed by atoms with van der Waals surface area (Å²) in [4.78, 5) is 25.7. The lowest BCUT2D eigenvalue weighted by atomic mass is 10.0. The zero-order chi connectivity index (χ0) is 20.1. The maximum Gasteiger partial charge on any atom is 0.266 e. The second-order valence-corrected chi connectivity index (χ2v) is 6.40. The van der Waals surface area contributed by atoms with Crippen molar-refractivity contribution in [1.82, 2.24) is 4.90 Å². The van der Waals surface area contributed by atoms with Crippen molar-refractivity contribution >= 4 is 23.6 Å². The van der Waals surface area contributed by atoms with Gasteiger partial charge in [-0.15, -0.1) is 0 Å². The van der Waals surface area contributed by atoms with Crippen LogP contribution in [0, 0.1) is 25.2 Å². The highest BCUT2D eigenvalue weighted by atomic mass is 16.3. The summed E-state index contributed by atoms with van der Waals surface area (Å²) in [5.74, 6) is -0.487. The van der Waals surface area contributed by atoms with Gasteiger partial charge in [-0.3, -0.25) is 9.59 Å². The Bertz CT molecular complexity index is 929. The van der Waals surface area contributed by atoms with E-state index in [9.17, 15) is 20.0 Å². The number of aromatic hydroxyl groups is 1. The van der Waals surface area contributed by atoms with E-state index in [2.05, 4.69) is 5.32 Å². The number of anilines is 1. The van der Waals surface area contributed by atoms with E-state index in [0.29, 0.717) is 27.9 Å². The number of aryl methyl sites for hydroxylation is 2. The van der Waals surface area contributed by atoms with Crippen LogP contribution in [0.2, 0.25) is 0 Å². The van der Waals surface area contributed by atoms with Gasteiger partial charge in [-0.2, -0.15) is 5.26 Å². The topological polar surface area (TPSA) is 93.4 Å². The minimum absolute atomic E-state index is 0.0621. The Balaban J connectivity index is 2.20. The Morgan fingerprint density at radius 2 is 1.67 bits per heavy atom. The molecule has 0 spiro atoms. The molecule has 0 heterocycles. The summed E-state index contributed by atoms with van der Waals surface area (Å²) < 4.78 is 0. The molecular weight excluding hydrogens is 342 g/mol. The highest BCUT2D eigenvalue weighted by molar-refractivity contribution is 6.09. The maximum absolute atomic E-state index is 12.4. The summed E-state index contributed by atoms with van der Waals surface area (Å²) in [7, 11) is 3.32. The van der Waals surface area contributed by atoms with Crippen LogP contribution in [0.5, 0.6) is 5.75 Å². The molecule has 0 fully saturated rings. The molecule has 0 saturated carbocycles. The van der Waals surface area contributed by atoms with Gasteiger partial charge in [0.15, 0.2) is 0 Å². The average molecular weight is 363 g/mol. The number of nitrogens with one attached hydrogen (secondary N) is 1. The zero-order valence-electron chi connectivity index (χ0n) is 15.7. The number of hydrogen-bond acceptors (Lipinski definition) is 4. The standard InChI is InChI=1S/C21H21N3O3/c1-13-9-15(10-14(2)19(13)25)11-17(12-22)20(26)23-18-7-5-16(6-8-18)21(27)24(3)4/h5-11,25H,1-4H3,(H,23,26)/b17-11+. The van der Waals surface area contributed by atoms with Crippen LogP contribution in [0.3, 0.4) is 0 Å². The summed E-state index contributed by atoms with van der Waals surface area (Å²) in [6.45, 7) is 3.50. The van der Waals surface area contributed by atoms with E-state index >= 15 is 0 Å². The summed E-state index contributed by atoms with van der Waals surface area (Å²) >= 11 is 0. The fourth-order valence-corrected chi connectivity index (χ4v) is 2.54. The number of carbonyl (C=O) groups excluding carboxylic acids is 2. The molecule has 6 heteroatoms. The van der Waals surface area contributed by atoms with Gasteiger partial charge in [-0.1, -0.05) is 0 Å². The van der Waals surface area contributed by atoms with Crippen LogP contribution in [-0.2, 0) is 4.79 Å². The Morgan fingerprint density at radius 3 is 2.15 bits per heavy atom. The fourth-order valence-electron chi connectivity index (χ4n) is 2.54. The Kier molecular flexibility index (Phi) is 5.99. The van der Waals surface area contributed by atoms with Crippen LogP contribution in [0.1, 0.15) is 27.0 Å². The maximum atomic E-state index is 12.4. The summed E-state index contributed by atoms with van der Waals surface area (Å²) in [5, 5.41) is 21.8. The molecule has 0 atom stereocenters. The van der Waals surface area contributed by atoms with Gasteiger partial charge in [0.1, 0.15) is 17.4 Å². The van der Waals surface area contributed by atoms with E-state index in [0.717, 1.165) is 0 Å². The van der Waals surface area contributed by atoms with Gasteiger partial charge in [-0.25, -0.2) is 0 Å². The van der Waals surface area contributed by atoms with Crippen molar-refractivity contribution in [3.8, 4) is 11.8 Å². The van der Waals surface area contributed by atoms with Crippen molar-refractivity contribution in [3.63, 3.8) is 0 Å².